The molecule has 0 unspecified atom stereocenters. The first-order valence-electron chi connectivity index (χ1n) is 8.73. The second kappa shape index (κ2) is 22.2. The first kappa shape index (κ1) is 36.0. The Morgan fingerprint density at radius 1 is 0.513 bits per heavy atom. The van der Waals surface area contributed by atoms with Crippen LogP contribution in [-0.4, -0.2) is 52.6 Å². The quantitative estimate of drug-likeness (QED) is 0.105. The van der Waals surface area contributed by atoms with Gasteiger partial charge in [0, 0.05) is 0 Å². The minimum Gasteiger partial charge on any atom is -0.761 e. The molecule has 24 heteroatoms. The molecular formula is C15H18N24. The second-order valence-corrected chi connectivity index (χ2v) is 5.13. The van der Waals surface area contributed by atoms with Gasteiger partial charge < -0.3 is 16.2 Å². The monoisotopic (exact) mass is 534 g/mol. The van der Waals surface area contributed by atoms with Gasteiger partial charge in [-0.15, -0.1) is 30.6 Å². The Balaban J connectivity index is -0.000000417. The highest BCUT2D eigenvalue weighted by molar-refractivity contribution is 6.17. The third-order valence-electron chi connectivity index (χ3n) is 2.18. The number of rotatable bonds is 0. The Morgan fingerprint density at radius 2 is 0.692 bits per heavy atom. The zero-order chi connectivity index (χ0) is 30.8. The van der Waals surface area contributed by atoms with Crippen LogP contribution in [0.25, 0.3) is 16.2 Å². The second-order valence-electron chi connectivity index (χ2n) is 5.13. The smallest absolute Gasteiger partial charge is 0.336 e. The Kier molecular flexibility index (Phi) is 20.5. The van der Waals surface area contributed by atoms with E-state index in [9.17, 15) is 0 Å². The Bertz CT molecular complexity index is 1210. The molecule has 0 fully saturated rings. The fourth-order valence-corrected chi connectivity index (χ4v) is 1.07. The van der Waals surface area contributed by atoms with Crippen LogP contribution in [0.2, 0.25) is 0 Å². The first-order valence-corrected chi connectivity index (χ1v) is 8.73. The van der Waals surface area contributed by atoms with Crippen LogP contribution in [0, 0.1) is 34.0 Å². The lowest BCUT2D eigenvalue weighted by Crippen LogP contribution is -2.51. The SMILES string of the molecule is N#CC1=NN=NC1=C=[N-].N#CC1=NN=NC1=C=[N-].N#CC1=NN=NC1=C=[N-].NC(N)=[NH2+].NC(N)=[NH2+].NC(N)=[NH2+]. The van der Waals surface area contributed by atoms with Crippen LogP contribution in [0.15, 0.2) is 63.4 Å². The summed E-state index contributed by atoms with van der Waals surface area (Å²) >= 11 is 0. The lowest BCUT2D eigenvalue weighted by atomic mass is 10.3. The fourth-order valence-electron chi connectivity index (χ4n) is 1.07. The summed E-state index contributed by atoms with van der Waals surface area (Å²) in [6.07, 6.45) is 0. The van der Waals surface area contributed by atoms with Crippen LogP contribution < -0.4 is 50.6 Å². The molecule has 18 N–H and O–H groups in total. The van der Waals surface area contributed by atoms with E-state index in [1.54, 1.807) is 35.8 Å². The summed E-state index contributed by atoms with van der Waals surface area (Å²) in [5, 5.41) is 91.8. The molecule has 3 heterocycles. The van der Waals surface area contributed by atoms with E-state index in [4.69, 9.17) is 32.0 Å². The van der Waals surface area contributed by atoms with Crippen molar-refractivity contribution in [3.8, 4) is 18.2 Å². The molecule has 0 spiro atoms. The summed E-state index contributed by atoms with van der Waals surface area (Å²) in [7, 11) is 0. The maximum Gasteiger partial charge on any atom is 0.336 e. The van der Waals surface area contributed by atoms with Crippen molar-refractivity contribution in [1.82, 2.24) is 0 Å². The summed E-state index contributed by atoms with van der Waals surface area (Å²) < 4.78 is 0. The largest absolute Gasteiger partial charge is 0.761 e. The van der Waals surface area contributed by atoms with Gasteiger partial charge in [0.25, 0.3) is 0 Å². The van der Waals surface area contributed by atoms with Gasteiger partial charge >= 0.3 is 17.9 Å². The van der Waals surface area contributed by atoms with Gasteiger partial charge in [0.1, 0.15) is 35.3 Å². The minimum absolute atomic E-state index is 0.0162. The van der Waals surface area contributed by atoms with Crippen LogP contribution in [0.5, 0.6) is 0 Å². The van der Waals surface area contributed by atoms with E-state index in [-0.39, 0.29) is 52.1 Å². The third-order valence-corrected chi connectivity index (χ3v) is 2.18. The summed E-state index contributed by atoms with van der Waals surface area (Å²) in [6.45, 7) is 0. The van der Waals surface area contributed by atoms with E-state index in [2.05, 4.69) is 96.9 Å². The number of allylic oxidation sites excluding steroid dienone is 3. The maximum absolute atomic E-state index is 8.19. The van der Waals surface area contributed by atoms with Crippen LogP contribution >= 0.6 is 0 Å². The molecule has 24 nitrogen and oxygen atoms in total. The predicted octanol–water partition coefficient (Wildman–Crippen LogP) is -7.58. The minimum atomic E-state index is -0.0833. The third kappa shape index (κ3) is 20.8. The number of hydrogen-bond donors (Lipinski definition) is 9. The van der Waals surface area contributed by atoms with Crippen molar-refractivity contribution in [3.63, 3.8) is 0 Å². The van der Waals surface area contributed by atoms with E-state index in [0.29, 0.717) is 0 Å². The molecule has 198 valence electrons. The molecule has 3 aliphatic rings. The van der Waals surface area contributed by atoms with Gasteiger partial charge in [0.2, 0.25) is 0 Å². The molecule has 0 aliphatic carbocycles. The zero-order valence-electron chi connectivity index (χ0n) is 19.4. The molecule has 0 aromatic carbocycles. The molecule has 39 heavy (non-hydrogen) atoms. The molecule has 0 saturated carbocycles. The van der Waals surface area contributed by atoms with Gasteiger partial charge in [0.05, 0.1) is 0 Å². The summed E-state index contributed by atoms with van der Waals surface area (Å²) in [4.78, 5) is 0. The number of nitrogens with zero attached hydrogens (tertiary/aromatic N) is 15. The predicted molar refractivity (Wildman–Crippen MR) is 135 cm³/mol. The van der Waals surface area contributed by atoms with Crippen molar-refractivity contribution in [2.45, 2.75) is 0 Å². The average Bonchev–Trinajstić information content (AvgIpc) is 3.63. The lowest BCUT2D eigenvalue weighted by Gasteiger charge is -1.80. The van der Waals surface area contributed by atoms with Crippen LogP contribution in [0.1, 0.15) is 0 Å². The topological polar surface area (TPSA) is 482 Å². The lowest BCUT2D eigenvalue weighted by molar-refractivity contribution is -0.117. The standard InChI is InChI=1S/3C4N5.3CH5N3/c3*5-1-3-4(2-6)8-9-7-3;3*2-1(3)4/h;;;3*(H5,2,3,4)/q3*-1;;;/p+3. The fraction of sp³-hybridized carbons (Fsp3) is 0. The number of hydrogen-bond acceptors (Lipinski definition) is 12. The van der Waals surface area contributed by atoms with E-state index >= 15 is 0 Å². The zero-order valence-corrected chi connectivity index (χ0v) is 19.4. The number of nitriles is 3. The average molecular weight is 534 g/mol. The molecule has 0 aromatic rings. The Hall–Kier alpha value is -7.56. The van der Waals surface area contributed by atoms with Crippen molar-refractivity contribution in [2.24, 2.45) is 80.7 Å². The summed E-state index contributed by atoms with van der Waals surface area (Å²) in [6, 6.07) is 5.00. The summed E-state index contributed by atoms with van der Waals surface area (Å²) in [5.74, 6) is 4.75. The van der Waals surface area contributed by atoms with Gasteiger partial charge in [-0.1, -0.05) is 0 Å². The van der Waals surface area contributed by atoms with Crippen LogP contribution in [0.4, 0.5) is 0 Å². The van der Waals surface area contributed by atoms with Gasteiger partial charge in [-0.3, -0.25) is 50.6 Å². The molecule has 0 amide bonds. The van der Waals surface area contributed by atoms with Crippen molar-refractivity contribution >= 4 is 52.6 Å². The molecule has 0 atom stereocenters. The molecule has 0 radical (unpaired) electrons. The van der Waals surface area contributed by atoms with Crippen molar-refractivity contribution in [3.05, 3.63) is 33.3 Å². The van der Waals surface area contributed by atoms with Crippen LogP contribution in [-0.2, 0) is 0 Å². The maximum atomic E-state index is 8.19. The van der Waals surface area contributed by atoms with Crippen molar-refractivity contribution in [2.75, 3.05) is 0 Å². The van der Waals surface area contributed by atoms with Crippen molar-refractivity contribution in [1.29, 1.82) is 15.8 Å². The highest BCUT2D eigenvalue weighted by Crippen LogP contribution is 2.05. The van der Waals surface area contributed by atoms with Gasteiger partial charge in [-0.25, -0.2) is 17.6 Å². The molecule has 3 rings (SSSR count). The number of guanidine groups is 3. The van der Waals surface area contributed by atoms with Gasteiger partial charge in [0.15, 0.2) is 17.1 Å². The van der Waals surface area contributed by atoms with E-state index in [0.717, 1.165) is 0 Å². The normalized spacial score (nSPS) is 11.9. The highest BCUT2D eigenvalue weighted by atomic mass is 15.4. The Morgan fingerprint density at radius 3 is 0.795 bits per heavy atom. The summed E-state index contributed by atoms with van der Waals surface area (Å²) in [5.41, 5.74) is 27.4. The molecule has 0 saturated heterocycles. The molecule has 3 aliphatic heterocycles. The highest BCUT2D eigenvalue weighted by Gasteiger charge is 2.08. The van der Waals surface area contributed by atoms with E-state index in [1.807, 2.05) is 0 Å². The van der Waals surface area contributed by atoms with Crippen LogP contribution in [0.3, 0.4) is 0 Å². The van der Waals surface area contributed by atoms with Gasteiger partial charge in [-0.05, 0) is 15.7 Å². The molecule has 0 bridgehead atoms. The van der Waals surface area contributed by atoms with E-state index in [1.165, 1.54) is 0 Å². The van der Waals surface area contributed by atoms with E-state index < -0.39 is 0 Å². The van der Waals surface area contributed by atoms with Crippen molar-refractivity contribution < 1.29 is 16.2 Å². The molecule has 0 aromatic heterocycles. The number of nitrogens with two attached hydrogens (primary N) is 9. The first-order chi connectivity index (χ1) is 18.3. The molecular weight excluding hydrogens is 516 g/mol. The Labute approximate surface area is 217 Å². The van der Waals surface area contributed by atoms with Gasteiger partial charge in [-0.2, -0.15) is 15.8 Å².